The zero-order chi connectivity index (χ0) is 13.0. The van der Waals surface area contributed by atoms with Crippen molar-refractivity contribution in [3.05, 3.63) is 29.8 Å². The number of ether oxygens (including phenoxy) is 1. The summed E-state index contributed by atoms with van der Waals surface area (Å²) in [6.07, 6.45) is 1.91. The minimum absolute atomic E-state index is 0.159. The van der Waals surface area contributed by atoms with Gasteiger partial charge in [-0.05, 0) is 30.5 Å². The topological polar surface area (TPSA) is 52.9 Å². The number of methoxy groups -OCH3 is 1. The molecule has 2 N–H and O–H groups in total. The first-order chi connectivity index (χ1) is 8.78. The van der Waals surface area contributed by atoms with E-state index in [1.54, 1.807) is 7.11 Å². The molecule has 4 heteroatoms. The summed E-state index contributed by atoms with van der Waals surface area (Å²) in [5.74, 6) is 0.845. The van der Waals surface area contributed by atoms with E-state index in [0.717, 1.165) is 25.1 Å². The molecule has 1 fully saturated rings. The number of rotatable bonds is 5. The second kappa shape index (κ2) is 6.18. The molecule has 2 unspecified atom stereocenters. The first-order valence-corrected chi connectivity index (χ1v) is 6.39. The standard InChI is InChI=1S/C14H21NO3/c1-18-14-6-2-11(3-7-14)8-15-12(9-16)4-5-13(15)10-17/h2-3,6-7,12-13,16-17H,4-5,8-10H2,1H3. The van der Waals surface area contributed by atoms with Gasteiger partial charge in [0.1, 0.15) is 5.75 Å². The molecular weight excluding hydrogens is 230 g/mol. The van der Waals surface area contributed by atoms with Gasteiger partial charge in [-0.15, -0.1) is 0 Å². The quantitative estimate of drug-likeness (QED) is 0.820. The summed E-state index contributed by atoms with van der Waals surface area (Å²) < 4.78 is 5.13. The van der Waals surface area contributed by atoms with Gasteiger partial charge in [0.05, 0.1) is 20.3 Å². The lowest BCUT2D eigenvalue weighted by Crippen LogP contribution is -2.39. The average Bonchev–Trinajstić information content (AvgIpc) is 2.81. The van der Waals surface area contributed by atoms with Crippen LogP contribution in [-0.2, 0) is 6.54 Å². The average molecular weight is 251 g/mol. The van der Waals surface area contributed by atoms with Crippen LogP contribution in [0.25, 0.3) is 0 Å². The first kappa shape index (κ1) is 13.3. The molecule has 18 heavy (non-hydrogen) atoms. The second-order valence-corrected chi connectivity index (χ2v) is 4.77. The van der Waals surface area contributed by atoms with Crippen molar-refractivity contribution < 1.29 is 14.9 Å². The van der Waals surface area contributed by atoms with Crippen LogP contribution in [0.4, 0.5) is 0 Å². The highest BCUT2D eigenvalue weighted by Crippen LogP contribution is 2.26. The van der Waals surface area contributed by atoms with Crippen molar-refractivity contribution in [2.75, 3.05) is 20.3 Å². The largest absolute Gasteiger partial charge is 0.497 e. The molecule has 0 aliphatic carbocycles. The minimum atomic E-state index is 0.159. The monoisotopic (exact) mass is 251 g/mol. The Morgan fingerprint density at radius 1 is 1.11 bits per heavy atom. The Morgan fingerprint density at radius 2 is 1.67 bits per heavy atom. The van der Waals surface area contributed by atoms with Gasteiger partial charge >= 0.3 is 0 Å². The summed E-state index contributed by atoms with van der Waals surface area (Å²) in [6, 6.07) is 8.27. The molecular formula is C14H21NO3. The van der Waals surface area contributed by atoms with Crippen LogP contribution >= 0.6 is 0 Å². The maximum atomic E-state index is 9.37. The van der Waals surface area contributed by atoms with E-state index in [9.17, 15) is 10.2 Å². The summed E-state index contributed by atoms with van der Waals surface area (Å²) in [4.78, 5) is 2.20. The van der Waals surface area contributed by atoms with Crippen LogP contribution in [0.15, 0.2) is 24.3 Å². The number of aliphatic hydroxyl groups is 2. The molecule has 1 heterocycles. The van der Waals surface area contributed by atoms with Gasteiger partial charge < -0.3 is 14.9 Å². The van der Waals surface area contributed by atoms with E-state index in [0.29, 0.717) is 0 Å². The van der Waals surface area contributed by atoms with E-state index in [1.807, 2.05) is 24.3 Å². The molecule has 100 valence electrons. The molecule has 0 saturated carbocycles. The van der Waals surface area contributed by atoms with Crippen molar-refractivity contribution in [3.63, 3.8) is 0 Å². The van der Waals surface area contributed by atoms with Crippen molar-refractivity contribution in [2.24, 2.45) is 0 Å². The van der Waals surface area contributed by atoms with Gasteiger partial charge in [0.2, 0.25) is 0 Å². The van der Waals surface area contributed by atoms with E-state index < -0.39 is 0 Å². The fraction of sp³-hybridized carbons (Fsp3) is 0.571. The lowest BCUT2D eigenvalue weighted by Gasteiger charge is -2.28. The Hall–Kier alpha value is -1.10. The second-order valence-electron chi connectivity index (χ2n) is 4.77. The Labute approximate surface area is 108 Å². The third-order valence-electron chi connectivity index (χ3n) is 3.72. The summed E-state index contributed by atoms with van der Waals surface area (Å²) in [5, 5.41) is 18.7. The van der Waals surface area contributed by atoms with Crippen molar-refractivity contribution in [1.29, 1.82) is 0 Å². The highest BCUT2D eigenvalue weighted by Gasteiger charge is 2.32. The van der Waals surface area contributed by atoms with Crippen LogP contribution in [0.2, 0.25) is 0 Å². The van der Waals surface area contributed by atoms with Crippen molar-refractivity contribution in [1.82, 2.24) is 4.90 Å². The number of aliphatic hydroxyl groups excluding tert-OH is 2. The lowest BCUT2D eigenvalue weighted by atomic mass is 10.1. The molecule has 2 rings (SSSR count). The predicted octanol–water partition coefficient (Wildman–Crippen LogP) is 1.01. The Kier molecular flexibility index (Phi) is 4.58. The van der Waals surface area contributed by atoms with E-state index in [2.05, 4.69) is 4.90 Å². The number of likely N-dealkylation sites (tertiary alicyclic amines) is 1. The number of benzene rings is 1. The highest BCUT2D eigenvalue weighted by atomic mass is 16.5. The van der Waals surface area contributed by atoms with Gasteiger partial charge in [-0.3, -0.25) is 4.90 Å². The van der Waals surface area contributed by atoms with E-state index >= 15 is 0 Å². The molecule has 2 atom stereocenters. The molecule has 4 nitrogen and oxygen atoms in total. The van der Waals surface area contributed by atoms with Gasteiger partial charge in [-0.1, -0.05) is 12.1 Å². The van der Waals surface area contributed by atoms with E-state index in [1.165, 1.54) is 5.56 Å². The molecule has 1 saturated heterocycles. The summed E-state index contributed by atoms with van der Waals surface area (Å²) in [5.41, 5.74) is 1.18. The number of hydrogen-bond acceptors (Lipinski definition) is 4. The van der Waals surface area contributed by atoms with Crippen LogP contribution in [0.5, 0.6) is 5.75 Å². The molecule has 1 aliphatic heterocycles. The predicted molar refractivity (Wildman–Crippen MR) is 69.5 cm³/mol. The van der Waals surface area contributed by atoms with Gasteiger partial charge in [-0.25, -0.2) is 0 Å². The fourth-order valence-corrected chi connectivity index (χ4v) is 2.61. The summed E-state index contributed by atoms with van der Waals surface area (Å²) >= 11 is 0. The zero-order valence-electron chi connectivity index (χ0n) is 10.7. The van der Waals surface area contributed by atoms with Gasteiger partial charge in [0, 0.05) is 18.6 Å². The van der Waals surface area contributed by atoms with Gasteiger partial charge in [0.15, 0.2) is 0 Å². The van der Waals surface area contributed by atoms with Crippen LogP contribution in [0.1, 0.15) is 18.4 Å². The van der Waals surface area contributed by atoms with Gasteiger partial charge in [-0.2, -0.15) is 0 Å². The SMILES string of the molecule is COc1ccc(CN2C(CO)CCC2CO)cc1. The molecule has 1 aromatic rings. The number of nitrogens with zero attached hydrogens (tertiary/aromatic N) is 1. The molecule has 1 aromatic carbocycles. The van der Waals surface area contributed by atoms with Crippen LogP contribution in [-0.4, -0.2) is 47.5 Å². The number of hydrogen-bond donors (Lipinski definition) is 2. The van der Waals surface area contributed by atoms with Crippen molar-refractivity contribution in [2.45, 2.75) is 31.5 Å². The Balaban J connectivity index is 2.05. The van der Waals surface area contributed by atoms with Crippen molar-refractivity contribution in [3.8, 4) is 5.75 Å². The van der Waals surface area contributed by atoms with Crippen molar-refractivity contribution >= 4 is 0 Å². The lowest BCUT2D eigenvalue weighted by molar-refractivity contribution is 0.0902. The third-order valence-corrected chi connectivity index (χ3v) is 3.72. The van der Waals surface area contributed by atoms with E-state index in [4.69, 9.17) is 4.74 Å². The Morgan fingerprint density at radius 3 is 2.11 bits per heavy atom. The fourth-order valence-electron chi connectivity index (χ4n) is 2.61. The van der Waals surface area contributed by atoms with E-state index in [-0.39, 0.29) is 25.3 Å². The first-order valence-electron chi connectivity index (χ1n) is 6.39. The highest BCUT2D eigenvalue weighted by molar-refractivity contribution is 5.27. The molecule has 0 aromatic heterocycles. The molecule has 1 aliphatic rings. The summed E-state index contributed by atoms with van der Waals surface area (Å²) in [6.45, 7) is 1.08. The maximum Gasteiger partial charge on any atom is 0.118 e. The zero-order valence-corrected chi connectivity index (χ0v) is 10.7. The van der Waals surface area contributed by atoms with Gasteiger partial charge in [0.25, 0.3) is 0 Å². The molecule has 0 radical (unpaired) electrons. The van der Waals surface area contributed by atoms with Crippen LogP contribution in [0.3, 0.4) is 0 Å². The molecule has 0 spiro atoms. The Bertz CT molecular complexity index is 354. The molecule has 0 bridgehead atoms. The normalized spacial score (nSPS) is 24.4. The summed E-state index contributed by atoms with van der Waals surface area (Å²) in [7, 11) is 1.65. The molecule has 0 amide bonds. The minimum Gasteiger partial charge on any atom is -0.497 e. The maximum absolute atomic E-state index is 9.37. The van der Waals surface area contributed by atoms with Crippen LogP contribution < -0.4 is 4.74 Å². The van der Waals surface area contributed by atoms with Crippen LogP contribution in [0, 0.1) is 0 Å². The smallest absolute Gasteiger partial charge is 0.118 e. The third kappa shape index (κ3) is 2.83.